The van der Waals surface area contributed by atoms with Gasteiger partial charge in [-0.05, 0) is 31.0 Å². The Morgan fingerprint density at radius 2 is 2.12 bits per heavy atom. The number of hydrogen-bond donors (Lipinski definition) is 3. The lowest BCUT2D eigenvalue weighted by Gasteiger charge is -2.09. The van der Waals surface area contributed by atoms with E-state index in [4.69, 9.17) is 11.5 Å². The summed E-state index contributed by atoms with van der Waals surface area (Å²) < 4.78 is 0.962. The molecule has 1 aromatic carbocycles. The standard InChI is InChI=1S/C11H16BrN3O/c12-8-4-5-10(9(13)7-8)15-6-2-1-3-11(14)16/h4-5,7,15H,1-3,6,13H2,(H2,14,16). The minimum Gasteiger partial charge on any atom is -0.397 e. The molecule has 1 amide bonds. The zero-order valence-electron chi connectivity index (χ0n) is 9.00. The number of nitrogens with one attached hydrogen (secondary N) is 1. The van der Waals surface area contributed by atoms with Crippen molar-refractivity contribution in [3.8, 4) is 0 Å². The minimum absolute atomic E-state index is 0.247. The molecule has 88 valence electrons. The van der Waals surface area contributed by atoms with Gasteiger partial charge >= 0.3 is 0 Å². The normalized spacial score (nSPS) is 10.1. The third kappa shape index (κ3) is 4.53. The van der Waals surface area contributed by atoms with E-state index in [2.05, 4.69) is 21.2 Å². The minimum atomic E-state index is -0.247. The molecule has 0 spiro atoms. The summed E-state index contributed by atoms with van der Waals surface area (Å²) in [5, 5.41) is 3.22. The molecule has 5 N–H and O–H groups in total. The number of carbonyl (C=O) groups excluding carboxylic acids is 1. The number of hydrogen-bond acceptors (Lipinski definition) is 3. The fourth-order valence-electron chi connectivity index (χ4n) is 1.34. The predicted octanol–water partition coefficient (Wildman–Crippen LogP) is 2.10. The van der Waals surface area contributed by atoms with E-state index in [-0.39, 0.29) is 5.91 Å². The summed E-state index contributed by atoms with van der Waals surface area (Å²) in [6.45, 7) is 0.791. The van der Waals surface area contributed by atoms with Gasteiger partial charge in [0, 0.05) is 17.4 Å². The van der Waals surface area contributed by atoms with E-state index in [0.29, 0.717) is 12.1 Å². The maximum absolute atomic E-state index is 10.5. The average Bonchev–Trinajstić information content (AvgIpc) is 2.20. The number of nitrogens with two attached hydrogens (primary N) is 2. The number of nitrogen functional groups attached to an aromatic ring is 1. The van der Waals surface area contributed by atoms with Gasteiger partial charge in [0.05, 0.1) is 11.4 Å². The molecule has 0 unspecified atom stereocenters. The van der Waals surface area contributed by atoms with Crippen molar-refractivity contribution in [2.75, 3.05) is 17.6 Å². The van der Waals surface area contributed by atoms with Gasteiger partial charge in [0.25, 0.3) is 0 Å². The van der Waals surface area contributed by atoms with Crippen LogP contribution in [0.3, 0.4) is 0 Å². The molecule has 0 aliphatic rings. The summed E-state index contributed by atoms with van der Waals surface area (Å²) in [7, 11) is 0. The second-order valence-corrected chi connectivity index (χ2v) is 4.50. The fraction of sp³-hybridized carbons (Fsp3) is 0.364. The Hall–Kier alpha value is -1.23. The maximum Gasteiger partial charge on any atom is 0.217 e. The van der Waals surface area contributed by atoms with Crippen molar-refractivity contribution < 1.29 is 4.79 Å². The van der Waals surface area contributed by atoms with E-state index in [1.54, 1.807) is 0 Å². The highest BCUT2D eigenvalue weighted by atomic mass is 79.9. The first kappa shape index (κ1) is 12.8. The Kier molecular flexibility index (Phi) is 5.11. The molecule has 0 atom stereocenters. The number of primary amides is 1. The molecule has 1 aromatic rings. The largest absolute Gasteiger partial charge is 0.397 e. The first-order chi connectivity index (χ1) is 7.59. The Morgan fingerprint density at radius 1 is 1.38 bits per heavy atom. The van der Waals surface area contributed by atoms with Gasteiger partial charge in [-0.1, -0.05) is 15.9 Å². The summed E-state index contributed by atoms with van der Waals surface area (Å²) in [5.74, 6) is -0.247. The molecular formula is C11H16BrN3O. The van der Waals surface area contributed by atoms with E-state index >= 15 is 0 Å². The van der Waals surface area contributed by atoms with Crippen LogP contribution in [0.1, 0.15) is 19.3 Å². The van der Waals surface area contributed by atoms with Crippen LogP contribution in [0.5, 0.6) is 0 Å². The van der Waals surface area contributed by atoms with Crippen LogP contribution in [0.25, 0.3) is 0 Å². The lowest BCUT2D eigenvalue weighted by Crippen LogP contribution is -2.11. The van der Waals surface area contributed by atoms with E-state index in [0.717, 1.165) is 29.5 Å². The smallest absolute Gasteiger partial charge is 0.217 e. The maximum atomic E-state index is 10.5. The van der Waals surface area contributed by atoms with Crippen molar-refractivity contribution in [3.63, 3.8) is 0 Å². The highest BCUT2D eigenvalue weighted by Gasteiger charge is 1.99. The Balaban J connectivity index is 2.29. The van der Waals surface area contributed by atoms with Gasteiger partial charge in [-0.25, -0.2) is 0 Å². The zero-order valence-corrected chi connectivity index (χ0v) is 10.6. The van der Waals surface area contributed by atoms with Crippen molar-refractivity contribution in [2.24, 2.45) is 5.73 Å². The zero-order chi connectivity index (χ0) is 12.0. The molecule has 1 rings (SSSR count). The molecule has 5 heteroatoms. The number of amides is 1. The molecule has 4 nitrogen and oxygen atoms in total. The van der Waals surface area contributed by atoms with Gasteiger partial charge < -0.3 is 16.8 Å². The van der Waals surface area contributed by atoms with Crippen molar-refractivity contribution in [1.82, 2.24) is 0 Å². The first-order valence-electron chi connectivity index (χ1n) is 5.17. The molecular weight excluding hydrogens is 270 g/mol. The molecule has 0 saturated heterocycles. The van der Waals surface area contributed by atoms with E-state index in [1.165, 1.54) is 0 Å². The summed E-state index contributed by atoms with van der Waals surface area (Å²) in [4.78, 5) is 10.5. The molecule has 0 radical (unpaired) electrons. The van der Waals surface area contributed by atoms with Crippen LogP contribution in [-0.4, -0.2) is 12.5 Å². The average molecular weight is 286 g/mol. The van der Waals surface area contributed by atoms with Crippen molar-refractivity contribution in [2.45, 2.75) is 19.3 Å². The van der Waals surface area contributed by atoms with Gasteiger partial charge in [0.1, 0.15) is 0 Å². The number of halogens is 1. The molecule has 0 heterocycles. The summed E-state index contributed by atoms with van der Waals surface area (Å²) in [6.07, 6.45) is 2.15. The summed E-state index contributed by atoms with van der Waals surface area (Å²) in [5.41, 5.74) is 12.5. The molecule has 0 aliphatic carbocycles. The van der Waals surface area contributed by atoms with Crippen molar-refractivity contribution in [3.05, 3.63) is 22.7 Å². The summed E-state index contributed by atoms with van der Waals surface area (Å²) in [6, 6.07) is 5.71. The van der Waals surface area contributed by atoms with Gasteiger partial charge in [0.15, 0.2) is 0 Å². The molecule has 0 saturated carbocycles. The van der Waals surface area contributed by atoms with Gasteiger partial charge in [-0.15, -0.1) is 0 Å². The number of unbranched alkanes of at least 4 members (excludes halogenated alkanes) is 1. The molecule has 0 fully saturated rings. The number of benzene rings is 1. The molecule has 0 aromatic heterocycles. The van der Waals surface area contributed by atoms with Crippen LogP contribution < -0.4 is 16.8 Å². The van der Waals surface area contributed by atoms with E-state index in [1.807, 2.05) is 18.2 Å². The number of rotatable bonds is 6. The van der Waals surface area contributed by atoms with Crippen molar-refractivity contribution >= 4 is 33.2 Å². The fourth-order valence-corrected chi connectivity index (χ4v) is 1.72. The summed E-state index contributed by atoms with van der Waals surface area (Å²) >= 11 is 3.35. The third-order valence-corrected chi connectivity index (χ3v) is 2.67. The van der Waals surface area contributed by atoms with Gasteiger partial charge in [-0.2, -0.15) is 0 Å². The first-order valence-corrected chi connectivity index (χ1v) is 5.96. The lowest BCUT2D eigenvalue weighted by molar-refractivity contribution is -0.118. The quantitative estimate of drug-likeness (QED) is 0.553. The highest BCUT2D eigenvalue weighted by Crippen LogP contribution is 2.22. The van der Waals surface area contributed by atoms with E-state index < -0.39 is 0 Å². The van der Waals surface area contributed by atoms with Crippen LogP contribution in [0.15, 0.2) is 22.7 Å². The highest BCUT2D eigenvalue weighted by molar-refractivity contribution is 9.10. The van der Waals surface area contributed by atoms with Gasteiger partial charge in [-0.3, -0.25) is 4.79 Å². The number of anilines is 2. The molecule has 16 heavy (non-hydrogen) atoms. The van der Waals surface area contributed by atoms with Crippen LogP contribution in [-0.2, 0) is 4.79 Å². The van der Waals surface area contributed by atoms with Gasteiger partial charge in [0.2, 0.25) is 5.91 Å². The second-order valence-electron chi connectivity index (χ2n) is 3.58. The monoisotopic (exact) mass is 285 g/mol. The topological polar surface area (TPSA) is 81.1 Å². The number of carbonyl (C=O) groups is 1. The van der Waals surface area contributed by atoms with Crippen LogP contribution in [0, 0.1) is 0 Å². The SMILES string of the molecule is NC(=O)CCCCNc1ccc(Br)cc1N. The third-order valence-electron chi connectivity index (χ3n) is 2.18. The van der Waals surface area contributed by atoms with Crippen molar-refractivity contribution in [1.29, 1.82) is 0 Å². The predicted molar refractivity (Wildman–Crippen MR) is 70.1 cm³/mol. The van der Waals surface area contributed by atoms with Crippen LogP contribution >= 0.6 is 15.9 Å². The molecule has 0 aliphatic heterocycles. The Morgan fingerprint density at radius 3 is 2.75 bits per heavy atom. The van der Waals surface area contributed by atoms with Crippen LogP contribution in [0.2, 0.25) is 0 Å². The second kappa shape index (κ2) is 6.37. The Bertz CT molecular complexity index is 368. The van der Waals surface area contributed by atoms with Crippen LogP contribution in [0.4, 0.5) is 11.4 Å². The lowest BCUT2D eigenvalue weighted by atomic mass is 10.2. The van der Waals surface area contributed by atoms with E-state index in [9.17, 15) is 4.79 Å². The molecule has 0 bridgehead atoms. The Labute approximate surface area is 104 Å².